The third-order valence-corrected chi connectivity index (χ3v) is 4.85. The standard InChI is InChI=1S/C23H27NO5/c1-15-6-7-16(2)21(13-15)24-22(25)17(3)29-23(26)18-8-10-19(11-9-18)28-14-20-5-4-12-27-20/h6-11,13,17,20H,4-5,12,14H2,1-3H3,(H,24,25). The molecule has 1 saturated heterocycles. The molecule has 154 valence electrons. The number of esters is 1. The van der Waals surface area contributed by atoms with E-state index >= 15 is 0 Å². The van der Waals surface area contributed by atoms with Crippen LogP contribution >= 0.6 is 0 Å². The molecule has 2 aromatic rings. The Morgan fingerprint density at radius 1 is 1.17 bits per heavy atom. The topological polar surface area (TPSA) is 73.9 Å². The molecule has 6 heteroatoms. The number of amides is 1. The molecule has 6 nitrogen and oxygen atoms in total. The molecule has 0 bridgehead atoms. The van der Waals surface area contributed by atoms with E-state index in [1.54, 1.807) is 31.2 Å². The van der Waals surface area contributed by atoms with Gasteiger partial charge < -0.3 is 19.5 Å². The fourth-order valence-corrected chi connectivity index (χ4v) is 3.04. The first-order valence-corrected chi connectivity index (χ1v) is 9.86. The molecule has 0 saturated carbocycles. The van der Waals surface area contributed by atoms with E-state index in [1.807, 2.05) is 32.0 Å². The van der Waals surface area contributed by atoms with Gasteiger partial charge in [-0.25, -0.2) is 4.79 Å². The maximum atomic E-state index is 12.4. The molecule has 1 amide bonds. The number of anilines is 1. The van der Waals surface area contributed by atoms with Crippen molar-refractivity contribution in [1.82, 2.24) is 0 Å². The van der Waals surface area contributed by atoms with Gasteiger partial charge in [-0.05, 0) is 75.1 Å². The highest BCUT2D eigenvalue weighted by molar-refractivity contribution is 5.97. The average Bonchev–Trinajstić information content (AvgIpc) is 3.23. The van der Waals surface area contributed by atoms with Crippen LogP contribution in [0.15, 0.2) is 42.5 Å². The summed E-state index contributed by atoms with van der Waals surface area (Å²) in [5.74, 6) is -0.263. The van der Waals surface area contributed by atoms with Crippen molar-refractivity contribution < 1.29 is 23.8 Å². The number of aryl methyl sites for hydroxylation is 2. The Kier molecular flexibility index (Phi) is 6.88. The third-order valence-electron chi connectivity index (χ3n) is 4.85. The molecule has 0 radical (unpaired) electrons. The predicted octanol–water partition coefficient (Wildman–Crippen LogP) is 4.05. The summed E-state index contributed by atoms with van der Waals surface area (Å²) in [4.78, 5) is 24.7. The van der Waals surface area contributed by atoms with Crippen LogP contribution in [0.4, 0.5) is 5.69 Å². The normalized spacial score (nSPS) is 16.9. The molecular formula is C23H27NO5. The Morgan fingerprint density at radius 3 is 2.62 bits per heavy atom. The van der Waals surface area contributed by atoms with Crippen molar-refractivity contribution in [2.24, 2.45) is 0 Å². The number of benzene rings is 2. The van der Waals surface area contributed by atoms with Crippen LogP contribution in [0.25, 0.3) is 0 Å². The summed E-state index contributed by atoms with van der Waals surface area (Å²) >= 11 is 0. The summed E-state index contributed by atoms with van der Waals surface area (Å²) in [7, 11) is 0. The molecule has 1 fully saturated rings. The quantitative estimate of drug-likeness (QED) is 0.714. The van der Waals surface area contributed by atoms with Crippen molar-refractivity contribution >= 4 is 17.6 Å². The van der Waals surface area contributed by atoms with Crippen LogP contribution in [-0.2, 0) is 14.3 Å². The molecule has 0 aliphatic carbocycles. The highest BCUT2D eigenvalue weighted by Gasteiger charge is 2.20. The van der Waals surface area contributed by atoms with E-state index in [0.717, 1.165) is 30.6 Å². The zero-order chi connectivity index (χ0) is 20.8. The molecule has 2 unspecified atom stereocenters. The van der Waals surface area contributed by atoms with Gasteiger partial charge in [-0.2, -0.15) is 0 Å². The Hall–Kier alpha value is -2.86. The first-order valence-electron chi connectivity index (χ1n) is 9.86. The van der Waals surface area contributed by atoms with Crippen LogP contribution in [0.2, 0.25) is 0 Å². The lowest BCUT2D eigenvalue weighted by Gasteiger charge is -2.15. The lowest BCUT2D eigenvalue weighted by molar-refractivity contribution is -0.123. The number of nitrogens with one attached hydrogen (secondary N) is 1. The maximum Gasteiger partial charge on any atom is 0.338 e. The lowest BCUT2D eigenvalue weighted by Crippen LogP contribution is -2.30. The van der Waals surface area contributed by atoms with Crippen LogP contribution in [0.5, 0.6) is 5.75 Å². The first-order chi connectivity index (χ1) is 13.9. The average molecular weight is 397 g/mol. The molecule has 2 aromatic carbocycles. The Morgan fingerprint density at radius 2 is 1.93 bits per heavy atom. The van der Waals surface area contributed by atoms with Gasteiger partial charge in [-0.1, -0.05) is 12.1 Å². The minimum atomic E-state index is -0.919. The summed E-state index contributed by atoms with van der Waals surface area (Å²) in [5, 5.41) is 2.81. The first kappa shape index (κ1) is 20.9. The van der Waals surface area contributed by atoms with Crippen LogP contribution < -0.4 is 10.1 Å². The van der Waals surface area contributed by atoms with Gasteiger partial charge in [0.05, 0.1) is 11.7 Å². The van der Waals surface area contributed by atoms with Crippen molar-refractivity contribution in [2.45, 2.75) is 45.8 Å². The van der Waals surface area contributed by atoms with Crippen LogP contribution in [0, 0.1) is 13.8 Å². The second-order valence-electron chi connectivity index (χ2n) is 7.33. The van der Waals surface area contributed by atoms with Gasteiger partial charge in [0.15, 0.2) is 6.10 Å². The van der Waals surface area contributed by atoms with E-state index in [9.17, 15) is 9.59 Å². The highest BCUT2D eigenvalue weighted by atomic mass is 16.5. The van der Waals surface area contributed by atoms with Crippen LogP contribution in [0.1, 0.15) is 41.3 Å². The van der Waals surface area contributed by atoms with Gasteiger partial charge in [-0.15, -0.1) is 0 Å². The van der Waals surface area contributed by atoms with Gasteiger partial charge in [0.2, 0.25) is 0 Å². The van der Waals surface area contributed by atoms with E-state index in [1.165, 1.54) is 0 Å². The number of hydrogen-bond donors (Lipinski definition) is 1. The molecule has 1 aliphatic rings. The Bertz CT molecular complexity index is 856. The predicted molar refractivity (Wildman–Crippen MR) is 110 cm³/mol. The Labute approximate surface area is 171 Å². The van der Waals surface area contributed by atoms with E-state index in [2.05, 4.69) is 5.32 Å². The van der Waals surface area contributed by atoms with Gasteiger partial charge in [0, 0.05) is 12.3 Å². The number of rotatable bonds is 7. The largest absolute Gasteiger partial charge is 0.491 e. The summed E-state index contributed by atoms with van der Waals surface area (Å²) < 4.78 is 16.5. The van der Waals surface area contributed by atoms with E-state index < -0.39 is 12.1 Å². The van der Waals surface area contributed by atoms with Crippen molar-refractivity contribution in [2.75, 3.05) is 18.5 Å². The second-order valence-corrected chi connectivity index (χ2v) is 7.33. The molecule has 1 N–H and O–H groups in total. The highest BCUT2D eigenvalue weighted by Crippen LogP contribution is 2.19. The van der Waals surface area contributed by atoms with Gasteiger partial charge in [0.25, 0.3) is 5.91 Å². The molecule has 1 heterocycles. The minimum absolute atomic E-state index is 0.135. The second kappa shape index (κ2) is 9.56. The monoisotopic (exact) mass is 397 g/mol. The molecule has 3 rings (SSSR count). The van der Waals surface area contributed by atoms with E-state index in [4.69, 9.17) is 14.2 Å². The van der Waals surface area contributed by atoms with E-state index in [-0.39, 0.29) is 12.0 Å². The number of carbonyl (C=O) groups excluding carboxylic acids is 2. The molecule has 2 atom stereocenters. The fraction of sp³-hybridized carbons (Fsp3) is 0.391. The Balaban J connectivity index is 1.51. The van der Waals surface area contributed by atoms with Gasteiger partial charge >= 0.3 is 5.97 Å². The van der Waals surface area contributed by atoms with Crippen LogP contribution in [0.3, 0.4) is 0 Å². The number of ether oxygens (including phenoxy) is 3. The van der Waals surface area contributed by atoms with Crippen molar-refractivity contribution in [3.63, 3.8) is 0 Å². The summed E-state index contributed by atoms with van der Waals surface area (Å²) in [6, 6.07) is 12.5. The lowest BCUT2D eigenvalue weighted by atomic mass is 10.1. The third kappa shape index (κ3) is 5.81. The molecule has 29 heavy (non-hydrogen) atoms. The molecule has 1 aliphatic heterocycles. The van der Waals surface area contributed by atoms with Crippen molar-refractivity contribution in [1.29, 1.82) is 0 Å². The zero-order valence-corrected chi connectivity index (χ0v) is 17.1. The fourth-order valence-electron chi connectivity index (χ4n) is 3.04. The number of carbonyl (C=O) groups is 2. The number of hydrogen-bond acceptors (Lipinski definition) is 5. The summed E-state index contributed by atoms with van der Waals surface area (Å²) in [6.45, 7) is 6.70. The summed E-state index contributed by atoms with van der Waals surface area (Å²) in [6.07, 6.45) is 1.29. The van der Waals surface area contributed by atoms with E-state index in [0.29, 0.717) is 23.6 Å². The van der Waals surface area contributed by atoms with Gasteiger partial charge in [0.1, 0.15) is 12.4 Å². The molecule has 0 spiro atoms. The SMILES string of the molecule is Cc1ccc(C)c(NC(=O)C(C)OC(=O)c2ccc(OCC3CCCO3)cc2)c1. The smallest absolute Gasteiger partial charge is 0.338 e. The minimum Gasteiger partial charge on any atom is -0.491 e. The molecule has 0 aromatic heterocycles. The zero-order valence-electron chi connectivity index (χ0n) is 17.1. The van der Waals surface area contributed by atoms with Crippen molar-refractivity contribution in [3.05, 3.63) is 59.2 Å². The maximum absolute atomic E-state index is 12.4. The summed E-state index contributed by atoms with van der Waals surface area (Å²) in [5.41, 5.74) is 3.06. The van der Waals surface area contributed by atoms with Crippen LogP contribution in [-0.4, -0.2) is 37.3 Å². The van der Waals surface area contributed by atoms with Gasteiger partial charge in [-0.3, -0.25) is 4.79 Å². The molecular weight excluding hydrogens is 370 g/mol. The van der Waals surface area contributed by atoms with Crippen molar-refractivity contribution in [3.8, 4) is 5.75 Å².